The van der Waals surface area contributed by atoms with Gasteiger partial charge >= 0.3 is 0 Å². The van der Waals surface area contributed by atoms with Crippen LogP contribution in [-0.2, 0) is 5.41 Å². The molecule has 1 saturated heterocycles. The van der Waals surface area contributed by atoms with Crippen molar-refractivity contribution in [2.24, 2.45) is 0 Å². The monoisotopic (exact) mass is 265 g/mol. The first-order valence-corrected chi connectivity index (χ1v) is 7.90. The summed E-state index contributed by atoms with van der Waals surface area (Å²) in [6.07, 6.45) is 5.26. The quantitative estimate of drug-likeness (QED) is 0.904. The fourth-order valence-corrected chi connectivity index (χ4v) is 4.46. The molecule has 0 bridgehead atoms. The van der Waals surface area contributed by atoms with Crippen molar-refractivity contribution in [2.75, 3.05) is 33.7 Å². The lowest BCUT2D eigenvalue weighted by molar-refractivity contribution is 0.237. The third-order valence-electron chi connectivity index (χ3n) is 4.61. The maximum absolute atomic E-state index is 4.99. The minimum Gasteiger partial charge on any atom is -0.319 e. The summed E-state index contributed by atoms with van der Waals surface area (Å²) in [5.74, 6) is 0.673. The number of nitrogens with zero attached hydrogens (tertiary/aromatic N) is 2. The Morgan fingerprint density at radius 2 is 2.39 bits per heavy atom. The van der Waals surface area contributed by atoms with Gasteiger partial charge in [-0.2, -0.15) is 0 Å². The second kappa shape index (κ2) is 4.91. The maximum Gasteiger partial charge on any atom is 0.100 e. The summed E-state index contributed by atoms with van der Waals surface area (Å²) < 4.78 is 0. The normalized spacial score (nSPS) is 27.3. The van der Waals surface area contributed by atoms with Gasteiger partial charge in [-0.1, -0.05) is 6.42 Å². The summed E-state index contributed by atoms with van der Waals surface area (Å²) in [4.78, 5) is 7.40. The van der Waals surface area contributed by atoms with E-state index in [0.29, 0.717) is 11.3 Å². The first-order valence-electron chi connectivity index (χ1n) is 7.02. The smallest absolute Gasteiger partial charge is 0.100 e. The Kier molecular flexibility index (Phi) is 3.43. The SMILES string of the molecule is CNCC1(c2nc(C3CCN(C)C3)cs2)CCC1. The molecule has 2 aliphatic rings. The molecule has 0 aromatic carbocycles. The largest absolute Gasteiger partial charge is 0.319 e. The number of likely N-dealkylation sites (N-methyl/N-ethyl adjacent to an activating group) is 2. The predicted octanol–water partition coefficient (Wildman–Crippen LogP) is 2.20. The third-order valence-corrected chi connectivity index (χ3v) is 5.72. The lowest BCUT2D eigenvalue weighted by Crippen LogP contribution is -2.42. The van der Waals surface area contributed by atoms with Gasteiger partial charge in [-0.15, -0.1) is 11.3 Å². The van der Waals surface area contributed by atoms with Crippen LogP contribution in [0.2, 0.25) is 0 Å². The highest BCUT2D eigenvalue weighted by Gasteiger charge is 2.41. The van der Waals surface area contributed by atoms with Crippen LogP contribution in [0.25, 0.3) is 0 Å². The maximum atomic E-state index is 4.99. The molecule has 0 radical (unpaired) electrons. The summed E-state index contributed by atoms with van der Waals surface area (Å²) in [6.45, 7) is 3.49. The van der Waals surface area contributed by atoms with Crippen molar-refractivity contribution < 1.29 is 0 Å². The van der Waals surface area contributed by atoms with Crippen molar-refractivity contribution >= 4 is 11.3 Å². The van der Waals surface area contributed by atoms with Crippen LogP contribution < -0.4 is 5.32 Å². The van der Waals surface area contributed by atoms with E-state index < -0.39 is 0 Å². The average Bonchev–Trinajstić information content (AvgIpc) is 2.92. The van der Waals surface area contributed by atoms with Gasteiger partial charge in [-0.3, -0.25) is 0 Å². The summed E-state index contributed by atoms with van der Waals surface area (Å²) in [5.41, 5.74) is 1.71. The molecule has 1 unspecified atom stereocenters. The first kappa shape index (κ1) is 12.6. The van der Waals surface area contributed by atoms with E-state index in [0.717, 1.165) is 6.54 Å². The third kappa shape index (κ3) is 2.10. The lowest BCUT2D eigenvalue weighted by atomic mass is 9.69. The zero-order valence-corrected chi connectivity index (χ0v) is 12.2. The van der Waals surface area contributed by atoms with Gasteiger partial charge in [0.05, 0.1) is 5.69 Å². The van der Waals surface area contributed by atoms with Gasteiger partial charge in [-0.05, 0) is 39.9 Å². The van der Waals surface area contributed by atoms with Crippen LogP contribution in [0.1, 0.15) is 42.3 Å². The van der Waals surface area contributed by atoms with E-state index in [9.17, 15) is 0 Å². The van der Waals surface area contributed by atoms with Crippen molar-refractivity contribution in [1.82, 2.24) is 15.2 Å². The van der Waals surface area contributed by atoms with E-state index >= 15 is 0 Å². The van der Waals surface area contributed by atoms with Crippen LogP contribution in [-0.4, -0.2) is 43.6 Å². The molecule has 0 amide bonds. The van der Waals surface area contributed by atoms with Crippen molar-refractivity contribution in [2.45, 2.75) is 37.0 Å². The molecular weight excluding hydrogens is 242 g/mol. The van der Waals surface area contributed by atoms with E-state index in [4.69, 9.17) is 4.98 Å². The highest BCUT2D eigenvalue weighted by atomic mass is 32.1. The van der Waals surface area contributed by atoms with E-state index in [1.165, 1.54) is 49.5 Å². The molecule has 1 aliphatic carbocycles. The van der Waals surface area contributed by atoms with Gasteiger partial charge < -0.3 is 10.2 Å². The van der Waals surface area contributed by atoms with Crippen LogP contribution in [0.3, 0.4) is 0 Å². The molecule has 1 aliphatic heterocycles. The van der Waals surface area contributed by atoms with Gasteiger partial charge in [0.25, 0.3) is 0 Å². The highest BCUT2D eigenvalue weighted by molar-refractivity contribution is 7.09. The molecule has 3 nitrogen and oxygen atoms in total. The Hall–Kier alpha value is -0.450. The zero-order chi connectivity index (χ0) is 12.6. The Bertz CT molecular complexity index is 411. The Morgan fingerprint density at radius 3 is 2.94 bits per heavy atom. The molecule has 1 aromatic rings. The number of hydrogen-bond donors (Lipinski definition) is 1. The second-order valence-corrected chi connectivity index (χ2v) is 6.85. The van der Waals surface area contributed by atoms with Crippen molar-refractivity contribution in [3.8, 4) is 0 Å². The van der Waals surface area contributed by atoms with E-state index in [2.05, 4.69) is 29.7 Å². The summed E-state index contributed by atoms with van der Waals surface area (Å²) in [5, 5.41) is 7.05. The van der Waals surface area contributed by atoms with E-state index in [1.807, 2.05) is 11.3 Å². The minimum absolute atomic E-state index is 0.363. The highest BCUT2D eigenvalue weighted by Crippen LogP contribution is 2.45. The first-order chi connectivity index (χ1) is 8.73. The number of thiazole rings is 1. The van der Waals surface area contributed by atoms with Gasteiger partial charge in [0.1, 0.15) is 5.01 Å². The molecule has 4 heteroatoms. The van der Waals surface area contributed by atoms with Crippen molar-refractivity contribution in [3.05, 3.63) is 16.1 Å². The number of hydrogen-bond acceptors (Lipinski definition) is 4. The second-order valence-electron chi connectivity index (χ2n) is 5.99. The molecule has 2 heterocycles. The Morgan fingerprint density at radius 1 is 1.56 bits per heavy atom. The number of rotatable bonds is 4. The Labute approximate surface area is 114 Å². The summed E-state index contributed by atoms with van der Waals surface area (Å²) in [7, 11) is 4.27. The topological polar surface area (TPSA) is 28.2 Å². The molecule has 1 saturated carbocycles. The molecular formula is C14H23N3S. The van der Waals surface area contributed by atoms with Gasteiger partial charge in [0.2, 0.25) is 0 Å². The molecule has 3 rings (SSSR count). The molecule has 1 atom stereocenters. The molecule has 1 aromatic heterocycles. The van der Waals surface area contributed by atoms with Crippen molar-refractivity contribution in [3.63, 3.8) is 0 Å². The van der Waals surface area contributed by atoms with Crippen LogP contribution in [0.5, 0.6) is 0 Å². The van der Waals surface area contributed by atoms with Gasteiger partial charge in [0.15, 0.2) is 0 Å². The fourth-order valence-electron chi connectivity index (χ4n) is 3.30. The zero-order valence-electron chi connectivity index (χ0n) is 11.4. The minimum atomic E-state index is 0.363. The van der Waals surface area contributed by atoms with E-state index in [-0.39, 0.29) is 0 Å². The van der Waals surface area contributed by atoms with Crippen molar-refractivity contribution in [1.29, 1.82) is 0 Å². The average molecular weight is 265 g/mol. The standard InChI is InChI=1S/C14H23N3S/c1-15-10-14(5-3-6-14)13-16-12(9-18-13)11-4-7-17(2)8-11/h9,11,15H,3-8,10H2,1-2H3. The molecule has 18 heavy (non-hydrogen) atoms. The van der Waals surface area contributed by atoms with Gasteiger partial charge in [-0.25, -0.2) is 4.98 Å². The van der Waals surface area contributed by atoms with Crippen LogP contribution in [0, 0.1) is 0 Å². The van der Waals surface area contributed by atoms with Crippen LogP contribution in [0.4, 0.5) is 0 Å². The fraction of sp³-hybridized carbons (Fsp3) is 0.786. The number of nitrogens with one attached hydrogen (secondary N) is 1. The Balaban J connectivity index is 1.76. The van der Waals surface area contributed by atoms with Crippen LogP contribution >= 0.6 is 11.3 Å². The molecule has 2 fully saturated rings. The van der Waals surface area contributed by atoms with Crippen LogP contribution in [0.15, 0.2) is 5.38 Å². The lowest BCUT2D eigenvalue weighted by Gasteiger charge is -2.40. The molecule has 0 spiro atoms. The predicted molar refractivity (Wildman–Crippen MR) is 76.4 cm³/mol. The summed E-state index contributed by atoms with van der Waals surface area (Å²) >= 11 is 1.89. The summed E-state index contributed by atoms with van der Waals surface area (Å²) in [6, 6.07) is 0. The van der Waals surface area contributed by atoms with E-state index in [1.54, 1.807) is 0 Å². The molecule has 100 valence electrons. The number of likely N-dealkylation sites (tertiary alicyclic amines) is 1. The number of aromatic nitrogens is 1. The molecule has 1 N–H and O–H groups in total. The van der Waals surface area contributed by atoms with Gasteiger partial charge in [0, 0.05) is 29.8 Å².